The number of rotatable bonds is 6. The Hall–Kier alpha value is -2.64. The summed E-state index contributed by atoms with van der Waals surface area (Å²) >= 11 is 0. The van der Waals surface area contributed by atoms with Gasteiger partial charge in [0.1, 0.15) is 5.75 Å². The van der Waals surface area contributed by atoms with Crippen molar-refractivity contribution in [1.82, 2.24) is 4.90 Å². The number of nitrogens with zero attached hydrogens (tertiary/aromatic N) is 3. The smallest absolute Gasteiger partial charge is 0.274 e. The number of para-hydroxylation sites is 1. The monoisotopic (exact) mass is 356 g/mol. The van der Waals surface area contributed by atoms with Gasteiger partial charge in [-0.3, -0.25) is 15.0 Å². The van der Waals surface area contributed by atoms with E-state index in [-0.39, 0.29) is 16.7 Å². The van der Waals surface area contributed by atoms with Crippen molar-refractivity contribution < 1.29 is 9.66 Å². The molecule has 0 bridgehead atoms. The van der Waals surface area contributed by atoms with Gasteiger partial charge in [-0.25, -0.2) is 0 Å². The highest BCUT2D eigenvalue weighted by atomic mass is 16.6. The molecule has 0 amide bonds. The van der Waals surface area contributed by atoms with Crippen molar-refractivity contribution in [1.29, 1.82) is 0 Å². The molecule has 7 heteroatoms. The molecule has 0 saturated carbocycles. The van der Waals surface area contributed by atoms with Crippen LogP contribution in [0.25, 0.3) is 0 Å². The zero-order valence-corrected chi connectivity index (χ0v) is 14.9. The first-order chi connectivity index (χ1) is 12.6. The maximum absolute atomic E-state index is 11.2. The fourth-order valence-electron chi connectivity index (χ4n) is 3.34. The summed E-state index contributed by atoms with van der Waals surface area (Å²) in [6, 6.07) is 14.4. The van der Waals surface area contributed by atoms with Crippen molar-refractivity contribution in [2.75, 3.05) is 44.7 Å². The van der Waals surface area contributed by atoms with Crippen LogP contribution in [0.5, 0.6) is 5.75 Å². The van der Waals surface area contributed by atoms with E-state index in [1.165, 1.54) is 6.07 Å². The summed E-state index contributed by atoms with van der Waals surface area (Å²) < 4.78 is 5.29. The maximum atomic E-state index is 11.2. The van der Waals surface area contributed by atoms with Crippen molar-refractivity contribution in [2.24, 2.45) is 5.73 Å². The number of hydrogen-bond donors (Lipinski definition) is 1. The van der Waals surface area contributed by atoms with Gasteiger partial charge in [-0.2, -0.15) is 0 Å². The summed E-state index contributed by atoms with van der Waals surface area (Å²) in [5.41, 5.74) is 8.10. The Bertz CT molecular complexity index is 760. The van der Waals surface area contributed by atoms with E-state index in [9.17, 15) is 10.1 Å². The lowest BCUT2D eigenvalue weighted by atomic mass is 10.0. The molecule has 1 unspecified atom stereocenters. The number of piperazine rings is 1. The topological polar surface area (TPSA) is 84.9 Å². The second-order valence-corrected chi connectivity index (χ2v) is 6.41. The van der Waals surface area contributed by atoms with Gasteiger partial charge in [0.05, 0.1) is 12.0 Å². The van der Waals surface area contributed by atoms with Crippen LogP contribution in [0.3, 0.4) is 0 Å². The van der Waals surface area contributed by atoms with Crippen molar-refractivity contribution in [2.45, 2.75) is 6.04 Å². The second-order valence-electron chi connectivity index (χ2n) is 6.41. The molecular formula is C19H24N4O3. The van der Waals surface area contributed by atoms with Gasteiger partial charge in [-0.15, -0.1) is 0 Å². The summed E-state index contributed by atoms with van der Waals surface area (Å²) in [6.07, 6.45) is 0. The van der Waals surface area contributed by atoms with Crippen LogP contribution in [-0.4, -0.2) is 49.7 Å². The van der Waals surface area contributed by atoms with Gasteiger partial charge >= 0.3 is 0 Å². The fourth-order valence-corrected chi connectivity index (χ4v) is 3.34. The van der Waals surface area contributed by atoms with Gasteiger partial charge < -0.3 is 15.4 Å². The van der Waals surface area contributed by atoms with E-state index in [4.69, 9.17) is 10.5 Å². The Morgan fingerprint density at radius 2 is 1.88 bits per heavy atom. The third kappa shape index (κ3) is 4.12. The average Bonchev–Trinajstić information content (AvgIpc) is 2.68. The van der Waals surface area contributed by atoms with Crippen LogP contribution in [0.2, 0.25) is 0 Å². The first-order valence-electron chi connectivity index (χ1n) is 8.68. The van der Waals surface area contributed by atoms with Gasteiger partial charge in [0.25, 0.3) is 5.69 Å². The van der Waals surface area contributed by atoms with E-state index in [0.717, 1.165) is 37.6 Å². The molecule has 3 rings (SSSR count). The van der Waals surface area contributed by atoms with Gasteiger partial charge in [0, 0.05) is 62.1 Å². The summed E-state index contributed by atoms with van der Waals surface area (Å²) in [7, 11) is 1.67. The zero-order chi connectivity index (χ0) is 18.5. The number of nitrogens with two attached hydrogens (primary N) is 1. The summed E-state index contributed by atoms with van der Waals surface area (Å²) in [4.78, 5) is 15.4. The Labute approximate surface area is 153 Å². The molecule has 2 aromatic rings. The number of ether oxygens (including phenoxy) is 1. The highest BCUT2D eigenvalue weighted by Gasteiger charge is 2.23. The third-order valence-corrected chi connectivity index (χ3v) is 4.78. The molecule has 1 heterocycles. The molecule has 1 aliphatic rings. The lowest BCUT2D eigenvalue weighted by Crippen LogP contribution is -2.48. The van der Waals surface area contributed by atoms with E-state index in [0.29, 0.717) is 12.1 Å². The van der Waals surface area contributed by atoms with Gasteiger partial charge in [-0.1, -0.05) is 24.3 Å². The fraction of sp³-hybridized carbons (Fsp3) is 0.368. The van der Waals surface area contributed by atoms with Crippen LogP contribution in [0.4, 0.5) is 11.4 Å². The number of methoxy groups -OCH3 is 1. The van der Waals surface area contributed by atoms with Gasteiger partial charge in [0.15, 0.2) is 0 Å². The summed E-state index contributed by atoms with van der Waals surface area (Å²) in [5, 5.41) is 11.2. The minimum Gasteiger partial charge on any atom is -0.497 e. The number of nitro benzene ring substituents is 1. The minimum absolute atomic E-state index is 0.0926. The van der Waals surface area contributed by atoms with E-state index in [1.807, 2.05) is 18.2 Å². The Balaban J connectivity index is 1.59. The Kier molecular flexibility index (Phi) is 5.70. The average molecular weight is 356 g/mol. The van der Waals surface area contributed by atoms with Crippen LogP contribution >= 0.6 is 0 Å². The van der Waals surface area contributed by atoms with Crippen LogP contribution < -0.4 is 15.4 Å². The predicted octanol–water partition coefficient (Wildman–Crippen LogP) is 2.43. The van der Waals surface area contributed by atoms with E-state index in [2.05, 4.69) is 15.9 Å². The van der Waals surface area contributed by atoms with E-state index < -0.39 is 0 Å². The largest absolute Gasteiger partial charge is 0.497 e. The maximum Gasteiger partial charge on any atom is 0.274 e. The van der Waals surface area contributed by atoms with Gasteiger partial charge in [0.2, 0.25) is 0 Å². The molecule has 26 heavy (non-hydrogen) atoms. The molecule has 7 nitrogen and oxygen atoms in total. The van der Waals surface area contributed by atoms with Crippen molar-refractivity contribution in [3.05, 3.63) is 64.2 Å². The SMILES string of the molecule is COc1cccc(N2CCN(CC(N)c3ccccc3[N+](=O)[O-])CC2)c1. The summed E-state index contributed by atoms with van der Waals surface area (Å²) in [6.45, 7) is 4.11. The zero-order valence-electron chi connectivity index (χ0n) is 14.9. The quantitative estimate of drug-likeness (QED) is 0.632. The molecule has 0 aromatic heterocycles. The van der Waals surface area contributed by atoms with Gasteiger partial charge in [-0.05, 0) is 12.1 Å². The second kappa shape index (κ2) is 8.16. The lowest BCUT2D eigenvalue weighted by Gasteiger charge is -2.37. The van der Waals surface area contributed by atoms with E-state index in [1.54, 1.807) is 25.3 Å². The number of nitro groups is 1. The first-order valence-corrected chi connectivity index (χ1v) is 8.68. The Morgan fingerprint density at radius 1 is 1.15 bits per heavy atom. The molecule has 138 valence electrons. The van der Waals surface area contributed by atoms with E-state index >= 15 is 0 Å². The highest BCUT2D eigenvalue weighted by molar-refractivity contribution is 5.51. The molecule has 1 aliphatic heterocycles. The Morgan fingerprint density at radius 3 is 2.58 bits per heavy atom. The third-order valence-electron chi connectivity index (χ3n) is 4.78. The molecule has 0 radical (unpaired) electrons. The van der Waals surface area contributed by atoms with Crippen molar-refractivity contribution in [3.8, 4) is 5.75 Å². The number of benzene rings is 2. The lowest BCUT2D eigenvalue weighted by molar-refractivity contribution is -0.385. The number of anilines is 1. The highest BCUT2D eigenvalue weighted by Crippen LogP contribution is 2.25. The molecule has 1 atom stereocenters. The predicted molar refractivity (Wildman–Crippen MR) is 102 cm³/mol. The molecule has 1 saturated heterocycles. The molecule has 0 aliphatic carbocycles. The van der Waals surface area contributed by atoms with Crippen LogP contribution in [-0.2, 0) is 0 Å². The first kappa shape index (κ1) is 18.2. The van der Waals surface area contributed by atoms with Crippen molar-refractivity contribution in [3.63, 3.8) is 0 Å². The number of hydrogen-bond acceptors (Lipinski definition) is 6. The minimum atomic E-state index is -0.375. The van der Waals surface area contributed by atoms with Crippen LogP contribution in [0.1, 0.15) is 11.6 Å². The molecule has 0 spiro atoms. The summed E-state index contributed by atoms with van der Waals surface area (Å²) in [5.74, 6) is 0.850. The van der Waals surface area contributed by atoms with Crippen LogP contribution in [0.15, 0.2) is 48.5 Å². The standard InChI is InChI=1S/C19H24N4O3/c1-26-16-6-4-5-15(13-16)22-11-9-21(10-12-22)14-18(20)17-7-2-3-8-19(17)23(24)25/h2-8,13,18H,9-12,14,20H2,1H3. The van der Waals surface area contributed by atoms with Crippen molar-refractivity contribution >= 4 is 11.4 Å². The molecule has 1 fully saturated rings. The molecule has 2 N–H and O–H groups in total. The molecule has 2 aromatic carbocycles. The normalized spacial score (nSPS) is 16.3. The van der Waals surface area contributed by atoms with Crippen LogP contribution in [0, 0.1) is 10.1 Å². The molecular weight excluding hydrogens is 332 g/mol.